The molecule has 2 heterocycles. The quantitative estimate of drug-likeness (QED) is 0.241. The summed E-state index contributed by atoms with van der Waals surface area (Å²) in [4.78, 5) is 32.5. The minimum atomic E-state index is -1.08. The van der Waals surface area contributed by atoms with Crippen LogP contribution in [0.15, 0.2) is 90.1 Å². The van der Waals surface area contributed by atoms with Gasteiger partial charge >= 0.3 is 0 Å². The molecule has 4 N–H and O–H groups in total. The second-order valence-electron chi connectivity index (χ2n) is 10.2. The summed E-state index contributed by atoms with van der Waals surface area (Å²) in [5.74, 6) is -3.00. The molecule has 1 aromatic heterocycles. The maximum absolute atomic E-state index is 13.6. The van der Waals surface area contributed by atoms with Crippen LogP contribution < -0.4 is 4.90 Å². The molecule has 2 amide bonds. The van der Waals surface area contributed by atoms with Crippen LogP contribution in [-0.2, 0) is 9.59 Å². The Balaban J connectivity index is 1.43. The van der Waals surface area contributed by atoms with Crippen LogP contribution in [0.1, 0.15) is 30.5 Å². The molecule has 1 fully saturated rings. The van der Waals surface area contributed by atoms with Crippen molar-refractivity contribution in [2.24, 2.45) is 17.8 Å². The SMILES string of the molecule is O=C1[C@@H]2[C@@H](CC(CO)=C([C@H](O)CC/C(=C/c3ccccc3O)c3ccccn3)[C@@H]2CO)C(=O)N1c1ccccc1. The highest BCUT2D eigenvalue weighted by molar-refractivity contribution is 6.22. The molecular weight excluding hydrogens is 508 g/mol. The molecule has 3 aromatic rings. The predicted octanol–water partition coefficient (Wildman–Crippen LogP) is 3.58. The molecule has 1 saturated heterocycles. The molecular formula is C32H32N2O6. The molecule has 2 aromatic carbocycles. The number of phenolic OH excluding ortho intramolecular Hbond substituents is 1. The first-order chi connectivity index (χ1) is 19.4. The zero-order chi connectivity index (χ0) is 28.2. The number of anilines is 1. The molecule has 1 aliphatic carbocycles. The van der Waals surface area contributed by atoms with Gasteiger partial charge in [0.05, 0.1) is 42.5 Å². The number of allylic oxidation sites excluding steroid dienone is 1. The van der Waals surface area contributed by atoms with Crippen LogP contribution in [-0.4, -0.2) is 56.5 Å². The van der Waals surface area contributed by atoms with E-state index in [-0.39, 0.29) is 31.1 Å². The fraction of sp³-hybridized carbons (Fsp3) is 0.281. The van der Waals surface area contributed by atoms with Crippen molar-refractivity contribution in [3.63, 3.8) is 0 Å². The normalized spacial score (nSPS) is 22.0. The van der Waals surface area contributed by atoms with Gasteiger partial charge in [0.15, 0.2) is 0 Å². The van der Waals surface area contributed by atoms with E-state index in [1.54, 1.807) is 60.8 Å². The average Bonchev–Trinajstić information content (AvgIpc) is 3.24. The topological polar surface area (TPSA) is 131 Å². The van der Waals surface area contributed by atoms with Gasteiger partial charge in [-0.15, -0.1) is 0 Å². The van der Waals surface area contributed by atoms with Gasteiger partial charge in [-0.2, -0.15) is 0 Å². The summed E-state index contributed by atoms with van der Waals surface area (Å²) in [5, 5.41) is 42.5. The van der Waals surface area contributed by atoms with Crippen molar-refractivity contribution in [3.8, 4) is 5.75 Å². The average molecular weight is 541 g/mol. The van der Waals surface area contributed by atoms with Gasteiger partial charge in [0.25, 0.3) is 0 Å². The van der Waals surface area contributed by atoms with E-state index in [0.29, 0.717) is 34.5 Å². The number of nitrogens with zero attached hydrogens (tertiary/aromatic N) is 2. The molecule has 0 saturated carbocycles. The van der Waals surface area contributed by atoms with E-state index in [1.807, 2.05) is 24.3 Å². The Morgan fingerprint density at radius 3 is 2.38 bits per heavy atom. The lowest BCUT2D eigenvalue weighted by Crippen LogP contribution is -2.39. The van der Waals surface area contributed by atoms with Gasteiger partial charge in [0.1, 0.15) is 5.75 Å². The minimum absolute atomic E-state index is 0.118. The first-order valence-electron chi connectivity index (χ1n) is 13.4. The summed E-state index contributed by atoms with van der Waals surface area (Å²) in [5.41, 5.74) is 3.44. The number of aromatic nitrogens is 1. The summed E-state index contributed by atoms with van der Waals surface area (Å²) >= 11 is 0. The number of benzene rings is 2. The van der Waals surface area contributed by atoms with Crippen molar-refractivity contribution in [2.75, 3.05) is 18.1 Å². The number of hydrogen-bond donors (Lipinski definition) is 4. The van der Waals surface area contributed by atoms with Crippen molar-refractivity contribution < 1.29 is 30.0 Å². The van der Waals surface area contributed by atoms with Crippen molar-refractivity contribution in [2.45, 2.75) is 25.4 Å². The summed E-state index contributed by atoms with van der Waals surface area (Å²) < 4.78 is 0. The zero-order valence-corrected chi connectivity index (χ0v) is 21.9. The highest BCUT2D eigenvalue weighted by Gasteiger charge is 2.55. The van der Waals surface area contributed by atoms with Crippen molar-refractivity contribution in [1.82, 2.24) is 4.98 Å². The third-order valence-electron chi connectivity index (χ3n) is 7.89. The number of pyridine rings is 1. The van der Waals surface area contributed by atoms with E-state index in [1.165, 1.54) is 0 Å². The van der Waals surface area contributed by atoms with Gasteiger partial charge in [0.2, 0.25) is 11.8 Å². The summed E-state index contributed by atoms with van der Waals surface area (Å²) in [6.45, 7) is -0.834. The zero-order valence-electron chi connectivity index (χ0n) is 21.9. The lowest BCUT2D eigenvalue weighted by Gasteiger charge is -2.36. The molecule has 4 atom stereocenters. The number of fused-ring (bicyclic) bond motifs is 1. The molecule has 8 heteroatoms. The van der Waals surface area contributed by atoms with E-state index >= 15 is 0 Å². The Morgan fingerprint density at radius 1 is 0.975 bits per heavy atom. The fourth-order valence-electron chi connectivity index (χ4n) is 6.01. The van der Waals surface area contributed by atoms with Gasteiger partial charge < -0.3 is 20.4 Å². The first kappa shape index (κ1) is 27.5. The number of amides is 2. The van der Waals surface area contributed by atoms with Crippen molar-refractivity contribution >= 4 is 29.2 Å². The molecule has 0 radical (unpaired) electrons. The summed E-state index contributed by atoms with van der Waals surface area (Å²) in [6, 6.07) is 21.1. The Labute approximate surface area is 232 Å². The largest absolute Gasteiger partial charge is 0.507 e. The number of imide groups is 1. The van der Waals surface area contributed by atoms with Crippen LogP contribution >= 0.6 is 0 Å². The highest BCUT2D eigenvalue weighted by atomic mass is 16.3. The number of aliphatic hydroxyl groups is 3. The Kier molecular flexibility index (Phi) is 8.21. The van der Waals surface area contributed by atoms with Crippen LogP contribution in [0.3, 0.4) is 0 Å². The standard InChI is InChI=1S/C32H32N2O6/c35-18-22-17-24-30(32(40)34(31(24)39)23-9-2-1-3-10-23)25(19-36)29(22)28(38)14-13-20(26-11-6-7-15-33-26)16-21-8-4-5-12-27(21)37/h1-12,15-16,24-25,28,30,35-38H,13-14,17-19H2/b20-16-/t24-,25+,28-,30-/m1/s1. The van der Waals surface area contributed by atoms with Gasteiger partial charge in [0, 0.05) is 17.7 Å². The lowest BCUT2D eigenvalue weighted by atomic mass is 9.68. The second kappa shape index (κ2) is 12.0. The van der Waals surface area contributed by atoms with Crippen LogP contribution in [0.25, 0.3) is 11.6 Å². The number of rotatable bonds is 9. The minimum Gasteiger partial charge on any atom is -0.507 e. The molecule has 8 nitrogen and oxygen atoms in total. The third kappa shape index (κ3) is 5.21. The van der Waals surface area contributed by atoms with Crippen molar-refractivity contribution in [1.29, 1.82) is 0 Å². The lowest BCUT2D eigenvalue weighted by molar-refractivity contribution is -0.123. The van der Waals surface area contributed by atoms with Gasteiger partial charge in [-0.25, -0.2) is 0 Å². The van der Waals surface area contributed by atoms with E-state index in [4.69, 9.17) is 0 Å². The van der Waals surface area contributed by atoms with Gasteiger partial charge in [-0.05, 0) is 72.4 Å². The summed E-state index contributed by atoms with van der Waals surface area (Å²) in [6.07, 6.45) is 3.13. The Morgan fingerprint density at radius 2 is 1.70 bits per heavy atom. The second-order valence-corrected chi connectivity index (χ2v) is 10.2. The summed E-state index contributed by atoms with van der Waals surface area (Å²) in [7, 11) is 0. The monoisotopic (exact) mass is 540 g/mol. The van der Waals surface area contributed by atoms with Gasteiger partial charge in [-0.3, -0.25) is 19.5 Å². The molecule has 0 bridgehead atoms. The number of para-hydroxylation sites is 2. The maximum atomic E-state index is 13.6. The molecule has 206 valence electrons. The number of phenols is 1. The van der Waals surface area contributed by atoms with E-state index in [2.05, 4.69) is 4.98 Å². The van der Waals surface area contributed by atoms with E-state index in [0.717, 1.165) is 10.5 Å². The molecule has 5 rings (SSSR count). The first-order valence-corrected chi connectivity index (χ1v) is 13.4. The number of aromatic hydroxyl groups is 1. The van der Waals surface area contributed by atoms with Crippen LogP contribution in [0.2, 0.25) is 0 Å². The number of carbonyl (C=O) groups excluding carboxylic acids is 2. The van der Waals surface area contributed by atoms with Gasteiger partial charge in [-0.1, -0.05) is 42.5 Å². The Bertz CT molecular complexity index is 1440. The number of carbonyl (C=O) groups is 2. The highest BCUT2D eigenvalue weighted by Crippen LogP contribution is 2.47. The van der Waals surface area contributed by atoms with Crippen LogP contribution in [0, 0.1) is 17.8 Å². The molecule has 40 heavy (non-hydrogen) atoms. The molecule has 0 unspecified atom stereocenters. The molecule has 1 aliphatic heterocycles. The maximum Gasteiger partial charge on any atom is 0.238 e. The number of hydrogen-bond acceptors (Lipinski definition) is 7. The fourth-order valence-corrected chi connectivity index (χ4v) is 6.01. The predicted molar refractivity (Wildman–Crippen MR) is 151 cm³/mol. The van der Waals surface area contributed by atoms with Crippen molar-refractivity contribution in [3.05, 3.63) is 101 Å². The third-order valence-corrected chi connectivity index (χ3v) is 7.89. The van der Waals surface area contributed by atoms with Crippen LogP contribution in [0.5, 0.6) is 5.75 Å². The van der Waals surface area contributed by atoms with Crippen LogP contribution in [0.4, 0.5) is 5.69 Å². The molecule has 0 spiro atoms. The Hall–Kier alpha value is -4.11. The number of aliphatic hydroxyl groups excluding tert-OH is 3. The smallest absolute Gasteiger partial charge is 0.238 e. The van der Waals surface area contributed by atoms with E-state index in [9.17, 15) is 30.0 Å². The van der Waals surface area contributed by atoms with E-state index < -0.39 is 36.4 Å². The molecule has 2 aliphatic rings.